The minimum atomic E-state index is -0.928. The Morgan fingerprint density at radius 2 is 1.15 bits per heavy atom. The number of hydrogen-bond donors (Lipinski definition) is 0. The topological polar surface area (TPSA) is 8.81 Å². The van der Waals surface area contributed by atoms with Crippen LogP contribution in [0.2, 0.25) is 0 Å². The predicted molar refractivity (Wildman–Crippen MR) is 174 cm³/mol. The van der Waals surface area contributed by atoms with Gasteiger partial charge in [0.05, 0.1) is 12.6 Å². The maximum atomic E-state index is 9.42. The van der Waals surface area contributed by atoms with Gasteiger partial charge in [0.1, 0.15) is 5.69 Å². The van der Waals surface area contributed by atoms with E-state index in [9.17, 15) is 2.74 Å². The molecular weight excluding hydrogens is 496 g/mol. The van der Waals surface area contributed by atoms with Crippen molar-refractivity contribution in [2.45, 2.75) is 46.4 Å². The molecule has 0 aliphatic rings. The van der Waals surface area contributed by atoms with Crippen molar-refractivity contribution in [2.24, 2.45) is 7.05 Å². The first-order valence-corrected chi connectivity index (χ1v) is 14.4. The van der Waals surface area contributed by atoms with E-state index in [4.69, 9.17) is 0 Å². The van der Waals surface area contributed by atoms with E-state index < -0.39 is 11.8 Å². The zero-order valence-corrected chi connectivity index (χ0v) is 24.9. The molecular formula is C39H39N2+. The van der Waals surface area contributed by atoms with E-state index in [-0.39, 0.29) is 0 Å². The van der Waals surface area contributed by atoms with Gasteiger partial charge >= 0.3 is 0 Å². The average Bonchev–Trinajstić information content (AvgIpc) is 3.28. The van der Waals surface area contributed by atoms with Crippen LogP contribution in [0.25, 0.3) is 50.4 Å². The fraction of sp³-hybridized carbons (Fsp3) is 0.205. The summed E-state index contributed by atoms with van der Waals surface area (Å²) in [6, 6.07) is 40.3. The quantitative estimate of drug-likeness (QED) is 0.187. The Bertz CT molecular complexity index is 1900. The first kappa shape index (κ1) is 24.4. The summed E-state index contributed by atoms with van der Waals surface area (Å²) in [6.45, 7) is 9.97. The van der Waals surface area contributed by atoms with Crippen LogP contribution in [0.1, 0.15) is 58.9 Å². The Morgan fingerprint density at radius 1 is 0.610 bits per heavy atom. The highest BCUT2D eigenvalue weighted by Crippen LogP contribution is 2.40. The minimum absolute atomic E-state index is 0.892. The van der Waals surface area contributed by atoms with Gasteiger partial charge in [-0.15, -0.1) is 0 Å². The average molecular weight is 538 g/mol. The first-order chi connectivity index (χ1) is 20.4. The van der Waals surface area contributed by atoms with Gasteiger partial charge in [-0.25, -0.2) is 4.57 Å². The molecule has 1 heterocycles. The van der Waals surface area contributed by atoms with Crippen LogP contribution in [-0.2, 0) is 7.05 Å². The Morgan fingerprint density at radius 3 is 1.73 bits per heavy atom. The molecule has 204 valence electrons. The van der Waals surface area contributed by atoms with Crippen molar-refractivity contribution < 1.29 is 7.31 Å². The van der Waals surface area contributed by atoms with Crippen LogP contribution in [-0.4, -0.2) is 4.57 Å². The van der Waals surface area contributed by atoms with E-state index in [2.05, 4.69) is 114 Å². The molecule has 2 nitrogen and oxygen atoms in total. The van der Waals surface area contributed by atoms with Crippen molar-refractivity contribution in [3.05, 3.63) is 132 Å². The second-order valence-electron chi connectivity index (χ2n) is 11.4. The van der Waals surface area contributed by atoms with Crippen LogP contribution >= 0.6 is 0 Å². The molecule has 0 saturated heterocycles. The Labute approximate surface area is 247 Å². The zero-order chi connectivity index (χ0) is 30.5. The highest BCUT2D eigenvalue weighted by atomic mass is 15.2. The van der Waals surface area contributed by atoms with Gasteiger partial charge in [0.2, 0.25) is 0 Å². The Kier molecular flexibility index (Phi) is 6.45. The van der Waals surface area contributed by atoms with Crippen LogP contribution in [0.4, 0.5) is 0 Å². The van der Waals surface area contributed by atoms with Crippen molar-refractivity contribution in [1.82, 2.24) is 4.57 Å². The number of rotatable bonds is 6. The number of nitrogens with zero attached hydrogens (tertiary/aromatic N) is 2. The smallest absolute Gasteiger partial charge is 0.225 e. The van der Waals surface area contributed by atoms with Crippen molar-refractivity contribution >= 4 is 11.0 Å². The largest absolute Gasteiger partial charge is 0.295 e. The number of benzene rings is 5. The van der Waals surface area contributed by atoms with Gasteiger partial charge in [0.25, 0.3) is 5.82 Å². The molecule has 41 heavy (non-hydrogen) atoms. The lowest BCUT2D eigenvalue weighted by Crippen LogP contribution is -2.30. The van der Waals surface area contributed by atoms with Crippen LogP contribution in [0.5, 0.6) is 0 Å². The molecule has 6 aromatic rings. The lowest BCUT2D eigenvalue weighted by atomic mass is 9.88. The minimum Gasteiger partial charge on any atom is -0.225 e. The Balaban J connectivity index is 1.77. The molecule has 0 aliphatic carbocycles. The van der Waals surface area contributed by atoms with E-state index in [1.165, 1.54) is 11.1 Å². The molecule has 0 amide bonds. The zero-order valence-electron chi connectivity index (χ0n) is 26.9. The van der Waals surface area contributed by atoms with E-state index in [0.29, 0.717) is 0 Å². The fourth-order valence-electron chi connectivity index (χ4n) is 5.95. The van der Waals surface area contributed by atoms with Gasteiger partial charge in [-0.3, -0.25) is 0 Å². The molecule has 2 heteroatoms. The summed E-state index contributed by atoms with van der Waals surface area (Å²) in [5.74, 6) is -0.829. The van der Waals surface area contributed by atoms with Gasteiger partial charge in [-0.2, -0.15) is 4.57 Å². The van der Waals surface area contributed by atoms with Crippen molar-refractivity contribution in [3.8, 4) is 39.3 Å². The summed E-state index contributed by atoms with van der Waals surface area (Å²) in [5, 5.41) is 0. The molecule has 0 atom stereocenters. The summed E-state index contributed by atoms with van der Waals surface area (Å²) in [4.78, 5) is 0. The van der Waals surface area contributed by atoms with Gasteiger partial charge in [-0.1, -0.05) is 113 Å². The maximum absolute atomic E-state index is 9.42. The predicted octanol–water partition coefficient (Wildman–Crippen LogP) is 10.0. The van der Waals surface area contributed by atoms with Crippen molar-refractivity contribution in [2.75, 3.05) is 0 Å². The SMILES string of the molecule is [2H]C(C)(C)c1cc(-c2ccccc2)cc(C([2H])(C)C)c1-n1c(-c2cc(-c3ccccc3)ccc2C)[n+](C)c2ccccc21. The third-order valence-electron chi connectivity index (χ3n) is 8.12. The number of fused-ring (bicyclic) bond motifs is 1. The monoisotopic (exact) mass is 537 g/mol. The molecule has 0 saturated carbocycles. The van der Waals surface area contributed by atoms with Crippen molar-refractivity contribution in [1.29, 1.82) is 0 Å². The third-order valence-corrected chi connectivity index (χ3v) is 8.12. The molecule has 0 bridgehead atoms. The summed E-state index contributed by atoms with van der Waals surface area (Å²) < 4.78 is 23.4. The molecule has 5 aromatic carbocycles. The summed E-state index contributed by atoms with van der Waals surface area (Å²) >= 11 is 0. The number of hydrogen-bond acceptors (Lipinski definition) is 0. The normalized spacial score (nSPS) is 12.8. The van der Waals surface area contributed by atoms with Crippen LogP contribution < -0.4 is 4.57 Å². The summed E-state index contributed by atoms with van der Waals surface area (Å²) in [7, 11) is 2.12. The summed E-state index contributed by atoms with van der Waals surface area (Å²) in [6.07, 6.45) is 0. The van der Waals surface area contributed by atoms with Gasteiger partial charge in [-0.05, 0) is 76.9 Å². The fourth-order valence-corrected chi connectivity index (χ4v) is 5.95. The third kappa shape index (κ3) is 4.78. The van der Waals surface area contributed by atoms with Gasteiger partial charge in [0.15, 0.2) is 11.0 Å². The van der Waals surface area contributed by atoms with Crippen LogP contribution in [0.15, 0.2) is 115 Å². The van der Waals surface area contributed by atoms with Crippen molar-refractivity contribution in [3.63, 3.8) is 0 Å². The van der Waals surface area contributed by atoms with Crippen LogP contribution in [0.3, 0.4) is 0 Å². The number of imidazole rings is 1. The first-order valence-electron chi connectivity index (χ1n) is 15.4. The second-order valence-corrected chi connectivity index (χ2v) is 11.4. The van der Waals surface area contributed by atoms with Gasteiger partial charge in [0, 0.05) is 13.9 Å². The van der Waals surface area contributed by atoms with Gasteiger partial charge < -0.3 is 0 Å². The van der Waals surface area contributed by atoms with E-state index >= 15 is 0 Å². The summed E-state index contributed by atoms with van der Waals surface area (Å²) in [5.41, 5.74) is 11.6. The Hall–Kier alpha value is -4.43. The molecule has 6 rings (SSSR count). The maximum Gasteiger partial charge on any atom is 0.295 e. The molecule has 0 spiro atoms. The molecule has 1 aromatic heterocycles. The molecule has 0 radical (unpaired) electrons. The lowest BCUT2D eigenvalue weighted by Gasteiger charge is -2.21. The molecule has 0 N–H and O–H groups in total. The highest BCUT2D eigenvalue weighted by molar-refractivity contribution is 5.83. The van der Waals surface area contributed by atoms with E-state index in [0.717, 1.165) is 55.9 Å². The lowest BCUT2D eigenvalue weighted by molar-refractivity contribution is -0.633. The van der Waals surface area contributed by atoms with E-state index in [1.807, 2.05) is 52.0 Å². The van der Waals surface area contributed by atoms with E-state index in [1.54, 1.807) is 0 Å². The number of aryl methyl sites for hydroxylation is 2. The highest BCUT2D eigenvalue weighted by Gasteiger charge is 2.32. The number of aromatic nitrogens is 2. The molecule has 0 fully saturated rings. The second kappa shape index (κ2) is 10.9. The van der Waals surface area contributed by atoms with Crippen LogP contribution in [0, 0.1) is 6.92 Å². The standard InChI is InChI=1S/C39H39N2/c1-26(2)33-24-32(30-17-11-8-12-18-30)25-34(27(3)4)38(33)41-37-20-14-13-19-36(37)40(6)39(41)35-23-31(22-21-28(35)5)29-15-9-7-10-16-29/h7-27H,1-6H3/q+1/i26D,27D. The molecule has 0 aliphatic heterocycles. The number of para-hydroxylation sites is 2. The molecule has 0 unspecified atom stereocenters.